The minimum absolute atomic E-state index is 0.103. The van der Waals surface area contributed by atoms with Crippen LogP contribution in [0.2, 0.25) is 0 Å². The van der Waals surface area contributed by atoms with Gasteiger partial charge in [-0.25, -0.2) is 19.2 Å². The minimum atomic E-state index is -0.396. The summed E-state index contributed by atoms with van der Waals surface area (Å²) in [4.78, 5) is 41.1. The molecule has 0 saturated heterocycles. The Bertz CT molecular complexity index is 1270. The number of nitrogens with zero attached hydrogens (tertiary/aromatic N) is 4. The Morgan fingerprint density at radius 3 is 2.93 bits per heavy atom. The summed E-state index contributed by atoms with van der Waals surface area (Å²) in [7, 11) is 0. The summed E-state index contributed by atoms with van der Waals surface area (Å²) in [5.74, 6) is -0.175. The molecular weight excluding hydrogens is 375 g/mol. The number of fused-ring (bicyclic) bond motifs is 3. The van der Waals surface area contributed by atoms with Crippen molar-refractivity contribution in [2.45, 2.75) is 13.0 Å². The van der Waals surface area contributed by atoms with Crippen LogP contribution >= 0.6 is 0 Å². The number of benzene rings is 1. The van der Waals surface area contributed by atoms with Crippen molar-refractivity contribution >= 4 is 11.4 Å². The topological polar surface area (TPSA) is 99.2 Å². The van der Waals surface area contributed by atoms with E-state index < -0.39 is 5.82 Å². The molecule has 8 nitrogen and oxygen atoms in total. The summed E-state index contributed by atoms with van der Waals surface area (Å²) in [6, 6.07) is 6.33. The van der Waals surface area contributed by atoms with E-state index in [1.54, 1.807) is 36.8 Å². The third-order valence-electron chi connectivity index (χ3n) is 5.16. The molecule has 4 heterocycles. The number of aromatic nitrogens is 5. The molecule has 0 radical (unpaired) electrons. The average molecular weight is 392 g/mol. The second-order valence-electron chi connectivity index (χ2n) is 7.01. The van der Waals surface area contributed by atoms with Gasteiger partial charge in [-0.3, -0.25) is 14.1 Å². The third-order valence-corrected chi connectivity index (χ3v) is 5.16. The van der Waals surface area contributed by atoms with Crippen LogP contribution in [0.4, 0.5) is 4.39 Å². The van der Waals surface area contributed by atoms with Gasteiger partial charge in [0.15, 0.2) is 5.82 Å². The lowest BCUT2D eigenvalue weighted by molar-refractivity contribution is 0.0911. The van der Waals surface area contributed by atoms with Crippen molar-refractivity contribution in [1.29, 1.82) is 0 Å². The number of hydrogen-bond acceptors (Lipinski definition) is 5. The largest absolute Gasteiger partial charge is 0.342 e. The van der Waals surface area contributed by atoms with Crippen molar-refractivity contribution in [2.24, 2.45) is 0 Å². The molecule has 0 amide bonds. The fourth-order valence-electron chi connectivity index (χ4n) is 3.73. The number of carbonyl (C=O) groups is 1. The van der Waals surface area contributed by atoms with Gasteiger partial charge in [0.2, 0.25) is 5.78 Å². The lowest BCUT2D eigenvalue weighted by Crippen LogP contribution is -2.37. The first kappa shape index (κ1) is 17.5. The van der Waals surface area contributed by atoms with E-state index in [9.17, 15) is 14.0 Å². The first-order valence-corrected chi connectivity index (χ1v) is 9.23. The van der Waals surface area contributed by atoms with Crippen LogP contribution in [0, 0.1) is 5.82 Å². The molecular formula is C20H17FN6O2. The molecule has 9 heteroatoms. The molecule has 0 aliphatic carbocycles. The Morgan fingerprint density at radius 2 is 2.14 bits per heavy atom. The van der Waals surface area contributed by atoms with Crippen molar-refractivity contribution in [1.82, 2.24) is 29.2 Å². The summed E-state index contributed by atoms with van der Waals surface area (Å²) in [5, 5.41) is 0. The van der Waals surface area contributed by atoms with Gasteiger partial charge in [0.05, 0.1) is 12.2 Å². The average Bonchev–Trinajstić information content (AvgIpc) is 3.40. The molecule has 1 aliphatic heterocycles. The molecule has 1 aromatic carbocycles. The van der Waals surface area contributed by atoms with Gasteiger partial charge in [-0.15, -0.1) is 0 Å². The second-order valence-corrected chi connectivity index (χ2v) is 7.01. The molecule has 0 unspecified atom stereocenters. The highest BCUT2D eigenvalue weighted by Crippen LogP contribution is 2.25. The van der Waals surface area contributed by atoms with Gasteiger partial charge >= 0.3 is 5.69 Å². The van der Waals surface area contributed by atoms with Crippen LogP contribution in [0.1, 0.15) is 21.9 Å². The standard InChI is InChI=1S/C20H17FN6O2/c21-14-4-2-1-3-12(14)16-10-27-19(24-16)13-9-26(8-5-15(13)25-20(27)29)11-17(28)18-22-6-7-23-18/h1-4,6-7,10H,5,8-9,11H2,(H,22,23)(H,25,29). The maximum atomic E-state index is 14.2. The second kappa shape index (κ2) is 6.78. The smallest absolute Gasteiger partial charge is 0.331 e. The predicted molar refractivity (Wildman–Crippen MR) is 103 cm³/mol. The number of nitrogens with one attached hydrogen (secondary N) is 2. The van der Waals surface area contributed by atoms with Gasteiger partial charge in [0.25, 0.3) is 0 Å². The molecule has 29 heavy (non-hydrogen) atoms. The lowest BCUT2D eigenvalue weighted by Gasteiger charge is -2.27. The van der Waals surface area contributed by atoms with Crippen molar-refractivity contribution < 1.29 is 9.18 Å². The number of aromatic amines is 2. The summed E-state index contributed by atoms with van der Waals surface area (Å²) >= 11 is 0. The molecule has 1 aliphatic rings. The molecule has 0 saturated carbocycles. The zero-order chi connectivity index (χ0) is 20.0. The molecule has 0 atom stereocenters. The van der Waals surface area contributed by atoms with Crippen molar-refractivity contribution in [2.75, 3.05) is 13.1 Å². The van der Waals surface area contributed by atoms with Crippen LogP contribution < -0.4 is 5.69 Å². The summed E-state index contributed by atoms with van der Waals surface area (Å²) in [6.45, 7) is 1.29. The summed E-state index contributed by atoms with van der Waals surface area (Å²) < 4.78 is 15.6. The van der Waals surface area contributed by atoms with Crippen LogP contribution in [-0.2, 0) is 13.0 Å². The van der Waals surface area contributed by atoms with E-state index in [-0.39, 0.29) is 18.0 Å². The van der Waals surface area contributed by atoms with Crippen molar-refractivity contribution in [3.63, 3.8) is 0 Å². The number of carbonyl (C=O) groups excluding carboxylic acids is 1. The Morgan fingerprint density at radius 1 is 1.28 bits per heavy atom. The minimum Gasteiger partial charge on any atom is -0.342 e. The number of Topliss-reactive ketones (excluding diaryl/α,β-unsaturated/α-hetero) is 1. The fourth-order valence-corrected chi connectivity index (χ4v) is 3.73. The Kier molecular flexibility index (Phi) is 4.09. The SMILES string of the molecule is O=C(CN1CCc2[nH]c(=O)n3cc(-c4ccccc4F)nc3c2C1)c1ncc[nH]1. The normalized spacial score (nSPS) is 14.2. The maximum absolute atomic E-state index is 14.2. The third kappa shape index (κ3) is 3.05. The molecule has 3 aromatic heterocycles. The van der Waals surface area contributed by atoms with Crippen LogP contribution in [0.3, 0.4) is 0 Å². The van der Waals surface area contributed by atoms with Crippen molar-refractivity contribution in [3.05, 3.63) is 76.2 Å². The van der Waals surface area contributed by atoms with E-state index in [1.807, 2.05) is 4.90 Å². The number of imidazole rings is 2. The van der Waals surface area contributed by atoms with Crippen LogP contribution in [0.25, 0.3) is 16.9 Å². The van der Waals surface area contributed by atoms with E-state index in [0.29, 0.717) is 42.2 Å². The highest BCUT2D eigenvalue weighted by molar-refractivity contribution is 5.94. The van der Waals surface area contributed by atoms with E-state index in [4.69, 9.17) is 0 Å². The monoisotopic (exact) mass is 392 g/mol. The van der Waals surface area contributed by atoms with Crippen molar-refractivity contribution in [3.8, 4) is 11.3 Å². The Hall–Kier alpha value is -3.59. The van der Waals surface area contributed by atoms with Gasteiger partial charge in [-0.05, 0) is 12.1 Å². The molecule has 5 rings (SSSR count). The number of rotatable bonds is 4. The number of hydrogen-bond donors (Lipinski definition) is 2. The van der Waals surface area contributed by atoms with Crippen LogP contribution in [0.15, 0.2) is 47.7 Å². The van der Waals surface area contributed by atoms with Crippen LogP contribution in [0.5, 0.6) is 0 Å². The highest BCUT2D eigenvalue weighted by Gasteiger charge is 2.24. The van der Waals surface area contributed by atoms with E-state index in [2.05, 4.69) is 19.9 Å². The van der Waals surface area contributed by atoms with E-state index >= 15 is 0 Å². The molecule has 0 spiro atoms. The predicted octanol–water partition coefficient (Wildman–Crippen LogP) is 1.79. The van der Waals surface area contributed by atoms with Gasteiger partial charge in [0.1, 0.15) is 11.5 Å². The Balaban J connectivity index is 1.52. The first-order chi connectivity index (χ1) is 14.1. The molecule has 0 bridgehead atoms. The zero-order valence-corrected chi connectivity index (χ0v) is 15.4. The fraction of sp³-hybridized carbons (Fsp3) is 0.200. The first-order valence-electron chi connectivity index (χ1n) is 9.23. The van der Waals surface area contributed by atoms with E-state index in [0.717, 1.165) is 11.3 Å². The summed E-state index contributed by atoms with van der Waals surface area (Å²) in [5.41, 5.74) is 2.54. The van der Waals surface area contributed by atoms with Gasteiger partial charge < -0.3 is 9.97 Å². The quantitative estimate of drug-likeness (QED) is 0.516. The van der Waals surface area contributed by atoms with Gasteiger partial charge in [-0.1, -0.05) is 12.1 Å². The van der Waals surface area contributed by atoms with Crippen LogP contribution in [-0.4, -0.2) is 48.1 Å². The number of H-pyrrole nitrogens is 2. The maximum Gasteiger partial charge on any atom is 0.331 e. The number of halogens is 1. The lowest BCUT2D eigenvalue weighted by atomic mass is 10.1. The molecule has 146 valence electrons. The molecule has 4 aromatic rings. The van der Waals surface area contributed by atoms with E-state index in [1.165, 1.54) is 10.5 Å². The Labute approximate surface area is 164 Å². The molecule has 0 fully saturated rings. The van der Waals surface area contributed by atoms with Gasteiger partial charge in [-0.2, -0.15) is 0 Å². The molecule has 2 N–H and O–H groups in total. The van der Waals surface area contributed by atoms with Gasteiger partial charge in [0, 0.05) is 54.9 Å². The zero-order valence-electron chi connectivity index (χ0n) is 15.4. The number of ketones is 1. The summed E-state index contributed by atoms with van der Waals surface area (Å²) in [6.07, 6.45) is 5.29. The highest BCUT2D eigenvalue weighted by atomic mass is 19.1.